The molecule has 4 nitrogen and oxygen atoms in total. The van der Waals surface area contributed by atoms with Gasteiger partial charge in [0.15, 0.2) is 5.78 Å². The second-order valence-electron chi connectivity index (χ2n) is 8.44. The molecule has 2 aliphatic heterocycles. The Kier molecular flexibility index (Phi) is 3.59. The molecule has 4 unspecified atom stereocenters. The number of ketones is 1. The Morgan fingerprint density at radius 2 is 1.88 bits per heavy atom. The van der Waals surface area contributed by atoms with E-state index in [9.17, 15) is 4.79 Å². The van der Waals surface area contributed by atoms with Crippen molar-refractivity contribution in [2.45, 2.75) is 58.7 Å². The standard InChI is InChI=1S/C20H27N3O/c1-11-7-5-6-8-13(11)17-16-12(2)22-23-19(16)21-14-9-20(3,4)10-15(24)18(14)17/h5-8,12,16-17,19,21-23H,9-10H2,1-4H3. The fraction of sp³-hybridized carbons (Fsp3) is 0.550. The summed E-state index contributed by atoms with van der Waals surface area (Å²) < 4.78 is 0. The third-order valence-electron chi connectivity index (χ3n) is 5.90. The van der Waals surface area contributed by atoms with Crippen LogP contribution in [0.4, 0.5) is 0 Å². The molecule has 1 fully saturated rings. The van der Waals surface area contributed by atoms with E-state index in [2.05, 4.69) is 68.1 Å². The quantitative estimate of drug-likeness (QED) is 0.743. The molecule has 0 aromatic heterocycles. The van der Waals surface area contributed by atoms with Crippen LogP contribution in [-0.4, -0.2) is 18.0 Å². The van der Waals surface area contributed by atoms with Crippen molar-refractivity contribution in [2.24, 2.45) is 11.3 Å². The molecule has 24 heavy (non-hydrogen) atoms. The monoisotopic (exact) mass is 325 g/mol. The maximum atomic E-state index is 13.1. The molecule has 0 bridgehead atoms. The minimum Gasteiger partial charge on any atom is -0.371 e. The number of allylic oxidation sites excluding steroid dienone is 2. The molecule has 1 aromatic rings. The highest BCUT2D eigenvalue weighted by Gasteiger charge is 2.49. The SMILES string of the molecule is Cc1ccccc1C1C2=C(CC(C)(C)CC2=O)NC2NNC(C)C21. The number of rotatable bonds is 1. The number of carbonyl (C=O) groups excluding carboxylic acids is 1. The van der Waals surface area contributed by atoms with Crippen molar-refractivity contribution in [1.29, 1.82) is 0 Å². The number of hydrogen-bond acceptors (Lipinski definition) is 4. The van der Waals surface area contributed by atoms with Gasteiger partial charge in [0.2, 0.25) is 0 Å². The molecule has 128 valence electrons. The van der Waals surface area contributed by atoms with E-state index in [0.29, 0.717) is 24.2 Å². The van der Waals surface area contributed by atoms with Gasteiger partial charge in [0.25, 0.3) is 0 Å². The fourth-order valence-corrected chi connectivity index (χ4v) is 4.82. The summed E-state index contributed by atoms with van der Waals surface area (Å²) in [6, 6.07) is 8.84. The normalized spacial score (nSPS) is 34.6. The Morgan fingerprint density at radius 3 is 2.62 bits per heavy atom. The van der Waals surface area contributed by atoms with E-state index < -0.39 is 0 Å². The van der Waals surface area contributed by atoms with Crippen LogP contribution in [0.25, 0.3) is 0 Å². The van der Waals surface area contributed by atoms with Gasteiger partial charge in [-0.05, 0) is 36.8 Å². The molecular formula is C20H27N3O. The van der Waals surface area contributed by atoms with Gasteiger partial charge in [-0.1, -0.05) is 38.1 Å². The average Bonchev–Trinajstić information content (AvgIpc) is 2.86. The second-order valence-corrected chi connectivity index (χ2v) is 8.44. The summed E-state index contributed by atoms with van der Waals surface area (Å²) >= 11 is 0. The Morgan fingerprint density at radius 1 is 1.12 bits per heavy atom. The summed E-state index contributed by atoms with van der Waals surface area (Å²) in [6.45, 7) is 8.74. The van der Waals surface area contributed by atoms with Crippen molar-refractivity contribution in [3.05, 3.63) is 46.7 Å². The lowest BCUT2D eigenvalue weighted by Gasteiger charge is -2.44. The van der Waals surface area contributed by atoms with Gasteiger partial charge in [-0.2, -0.15) is 0 Å². The Bertz CT molecular complexity index is 721. The zero-order chi connectivity index (χ0) is 17.1. The number of benzene rings is 1. The largest absolute Gasteiger partial charge is 0.371 e. The molecule has 0 saturated carbocycles. The summed E-state index contributed by atoms with van der Waals surface area (Å²) in [7, 11) is 0. The number of carbonyl (C=O) groups is 1. The number of fused-ring (bicyclic) bond motifs is 1. The van der Waals surface area contributed by atoms with Gasteiger partial charge < -0.3 is 5.32 Å². The van der Waals surface area contributed by atoms with Gasteiger partial charge in [0.05, 0.1) is 6.17 Å². The molecule has 0 radical (unpaired) electrons. The van der Waals surface area contributed by atoms with Gasteiger partial charge in [0, 0.05) is 35.6 Å². The summed E-state index contributed by atoms with van der Waals surface area (Å²) in [4.78, 5) is 13.1. The van der Waals surface area contributed by atoms with Crippen LogP contribution in [0.15, 0.2) is 35.5 Å². The van der Waals surface area contributed by atoms with E-state index >= 15 is 0 Å². The smallest absolute Gasteiger partial charge is 0.161 e. The summed E-state index contributed by atoms with van der Waals surface area (Å²) in [5.74, 6) is 0.808. The molecule has 4 heteroatoms. The Hall–Kier alpha value is -1.65. The van der Waals surface area contributed by atoms with Crippen LogP contribution in [0.2, 0.25) is 0 Å². The first-order chi connectivity index (χ1) is 11.4. The molecular weight excluding hydrogens is 298 g/mol. The van der Waals surface area contributed by atoms with Crippen LogP contribution in [0.1, 0.15) is 50.7 Å². The Labute approximate surface area is 144 Å². The summed E-state index contributed by atoms with van der Waals surface area (Å²) in [5, 5.41) is 3.64. The maximum Gasteiger partial charge on any atom is 0.161 e. The van der Waals surface area contributed by atoms with Crippen LogP contribution in [0.3, 0.4) is 0 Å². The highest BCUT2D eigenvalue weighted by atomic mass is 16.1. The van der Waals surface area contributed by atoms with Gasteiger partial charge >= 0.3 is 0 Å². The van der Waals surface area contributed by atoms with Crippen molar-refractivity contribution in [3.8, 4) is 0 Å². The molecule has 0 spiro atoms. The molecule has 0 amide bonds. The summed E-state index contributed by atoms with van der Waals surface area (Å²) in [6.07, 6.45) is 1.75. The molecule has 2 heterocycles. The first kappa shape index (κ1) is 15.9. The third kappa shape index (κ3) is 2.40. The molecule has 3 N–H and O–H groups in total. The highest BCUT2D eigenvalue weighted by molar-refractivity contribution is 5.99. The minimum absolute atomic E-state index is 0.0314. The number of hydrazine groups is 1. The zero-order valence-corrected chi connectivity index (χ0v) is 14.9. The van der Waals surface area contributed by atoms with Crippen molar-refractivity contribution in [1.82, 2.24) is 16.2 Å². The first-order valence-corrected chi connectivity index (χ1v) is 8.97. The van der Waals surface area contributed by atoms with Crippen molar-refractivity contribution < 1.29 is 4.79 Å². The van der Waals surface area contributed by atoms with Crippen molar-refractivity contribution in [3.63, 3.8) is 0 Å². The number of aryl methyl sites for hydroxylation is 1. The van der Waals surface area contributed by atoms with Crippen molar-refractivity contribution in [2.75, 3.05) is 0 Å². The van der Waals surface area contributed by atoms with Gasteiger partial charge in [-0.15, -0.1) is 0 Å². The predicted molar refractivity (Wildman–Crippen MR) is 95.1 cm³/mol. The third-order valence-corrected chi connectivity index (χ3v) is 5.90. The van der Waals surface area contributed by atoms with Crippen LogP contribution in [-0.2, 0) is 4.79 Å². The number of nitrogens with one attached hydrogen (secondary N) is 3. The number of Topliss-reactive ketones (excluding diaryl/α,β-unsaturated/α-hetero) is 1. The molecule has 1 aromatic carbocycles. The van der Waals surface area contributed by atoms with Crippen LogP contribution < -0.4 is 16.2 Å². The maximum absolute atomic E-state index is 13.1. The highest BCUT2D eigenvalue weighted by Crippen LogP contribution is 2.48. The van der Waals surface area contributed by atoms with E-state index in [-0.39, 0.29) is 17.5 Å². The molecule has 4 rings (SSSR count). The molecule has 1 aliphatic carbocycles. The van der Waals surface area contributed by atoms with Crippen LogP contribution in [0, 0.1) is 18.3 Å². The first-order valence-electron chi connectivity index (χ1n) is 8.97. The van der Waals surface area contributed by atoms with Gasteiger partial charge in [-0.25, -0.2) is 5.43 Å². The average molecular weight is 325 g/mol. The topological polar surface area (TPSA) is 53.2 Å². The fourth-order valence-electron chi connectivity index (χ4n) is 4.82. The lowest BCUT2D eigenvalue weighted by molar-refractivity contribution is -0.118. The molecule has 1 saturated heterocycles. The van der Waals surface area contributed by atoms with Crippen molar-refractivity contribution >= 4 is 5.78 Å². The predicted octanol–water partition coefficient (Wildman–Crippen LogP) is 2.76. The zero-order valence-electron chi connectivity index (χ0n) is 14.9. The van der Waals surface area contributed by atoms with E-state index in [0.717, 1.165) is 17.7 Å². The van der Waals surface area contributed by atoms with Crippen LogP contribution in [0.5, 0.6) is 0 Å². The van der Waals surface area contributed by atoms with Gasteiger partial charge in [-0.3, -0.25) is 10.2 Å². The van der Waals surface area contributed by atoms with Gasteiger partial charge in [0.1, 0.15) is 0 Å². The lowest BCUT2D eigenvalue weighted by atomic mass is 9.65. The van der Waals surface area contributed by atoms with E-state index in [1.165, 1.54) is 11.1 Å². The molecule has 3 aliphatic rings. The van der Waals surface area contributed by atoms with Crippen LogP contribution >= 0.6 is 0 Å². The summed E-state index contributed by atoms with van der Waals surface area (Å²) in [5.41, 5.74) is 11.5. The lowest BCUT2D eigenvalue weighted by Crippen LogP contribution is -2.52. The van der Waals surface area contributed by atoms with E-state index in [4.69, 9.17) is 0 Å². The number of hydrogen-bond donors (Lipinski definition) is 3. The van der Waals surface area contributed by atoms with E-state index in [1.807, 2.05) is 0 Å². The minimum atomic E-state index is 0.0314. The molecule has 4 atom stereocenters. The second kappa shape index (κ2) is 5.43. The van der Waals surface area contributed by atoms with E-state index in [1.54, 1.807) is 0 Å². The Balaban J connectivity index is 1.89.